The van der Waals surface area contributed by atoms with E-state index in [0.29, 0.717) is 12.1 Å². The fourth-order valence-corrected chi connectivity index (χ4v) is 2.15. The Morgan fingerprint density at radius 3 is 2.89 bits per heavy atom. The molecule has 1 aliphatic heterocycles. The number of fused-ring (bicyclic) bond motifs is 1. The van der Waals surface area contributed by atoms with Crippen LogP contribution in [0.15, 0.2) is 36.4 Å². The van der Waals surface area contributed by atoms with Gasteiger partial charge in [-0.3, -0.25) is 9.59 Å². The summed E-state index contributed by atoms with van der Waals surface area (Å²) in [5, 5.41) is 2.82. The molecule has 1 heterocycles. The highest BCUT2D eigenvalue weighted by Gasteiger charge is 2.28. The molecule has 4 nitrogen and oxygen atoms in total. The lowest BCUT2D eigenvalue weighted by Gasteiger charge is -2.26. The SMILES string of the molecule is C/C=C/C(=O)N1c2ccccc2NC(=O)CC1C. The average Bonchev–Trinajstić information content (AvgIpc) is 2.43. The monoisotopic (exact) mass is 244 g/mol. The van der Waals surface area contributed by atoms with Crippen LogP contribution in [-0.2, 0) is 9.59 Å². The van der Waals surface area contributed by atoms with Gasteiger partial charge >= 0.3 is 0 Å². The van der Waals surface area contributed by atoms with Crippen molar-refractivity contribution in [3.63, 3.8) is 0 Å². The Kier molecular flexibility index (Phi) is 3.46. The quantitative estimate of drug-likeness (QED) is 0.771. The highest BCUT2D eigenvalue weighted by atomic mass is 16.2. The summed E-state index contributed by atoms with van der Waals surface area (Å²) in [5.74, 6) is -0.167. The number of carbonyl (C=O) groups excluding carboxylic acids is 2. The Hall–Kier alpha value is -2.10. The number of benzene rings is 1. The van der Waals surface area contributed by atoms with Crippen molar-refractivity contribution >= 4 is 23.2 Å². The fraction of sp³-hybridized carbons (Fsp3) is 0.286. The van der Waals surface area contributed by atoms with Crippen LogP contribution in [0.2, 0.25) is 0 Å². The second kappa shape index (κ2) is 5.04. The third kappa shape index (κ3) is 2.27. The highest BCUT2D eigenvalue weighted by molar-refractivity contribution is 6.08. The summed E-state index contributed by atoms with van der Waals surface area (Å²) < 4.78 is 0. The minimum atomic E-state index is -0.155. The maximum Gasteiger partial charge on any atom is 0.250 e. The zero-order chi connectivity index (χ0) is 13.1. The zero-order valence-electron chi connectivity index (χ0n) is 10.5. The normalized spacial score (nSPS) is 19.3. The summed E-state index contributed by atoms with van der Waals surface area (Å²) in [7, 11) is 0. The molecule has 1 unspecified atom stereocenters. The van der Waals surface area contributed by atoms with Crippen LogP contribution in [0, 0.1) is 0 Å². The van der Waals surface area contributed by atoms with Gasteiger partial charge in [-0.2, -0.15) is 0 Å². The Morgan fingerprint density at radius 1 is 1.44 bits per heavy atom. The van der Waals surface area contributed by atoms with E-state index in [2.05, 4.69) is 5.32 Å². The summed E-state index contributed by atoms with van der Waals surface area (Å²) in [4.78, 5) is 25.5. The number of carbonyl (C=O) groups is 2. The number of anilines is 2. The lowest BCUT2D eigenvalue weighted by molar-refractivity contribution is -0.116. The number of hydrogen-bond acceptors (Lipinski definition) is 2. The maximum absolute atomic E-state index is 12.1. The number of hydrogen-bond donors (Lipinski definition) is 1. The van der Waals surface area contributed by atoms with Crippen molar-refractivity contribution in [1.29, 1.82) is 0 Å². The molecular formula is C14H16N2O2. The van der Waals surface area contributed by atoms with Crippen molar-refractivity contribution in [3.05, 3.63) is 36.4 Å². The van der Waals surface area contributed by atoms with Gasteiger partial charge in [-0.25, -0.2) is 0 Å². The summed E-state index contributed by atoms with van der Waals surface area (Å²) in [6.45, 7) is 3.68. The smallest absolute Gasteiger partial charge is 0.250 e. The number of nitrogens with one attached hydrogen (secondary N) is 1. The molecule has 4 heteroatoms. The van der Waals surface area contributed by atoms with Crippen molar-refractivity contribution in [3.8, 4) is 0 Å². The molecule has 1 aromatic carbocycles. The van der Waals surface area contributed by atoms with E-state index in [4.69, 9.17) is 0 Å². The van der Waals surface area contributed by atoms with Crippen LogP contribution in [0.25, 0.3) is 0 Å². The van der Waals surface area contributed by atoms with E-state index >= 15 is 0 Å². The Balaban J connectivity index is 2.49. The van der Waals surface area contributed by atoms with Crippen LogP contribution in [0.4, 0.5) is 11.4 Å². The van der Waals surface area contributed by atoms with Gasteiger partial charge in [0.05, 0.1) is 11.4 Å². The Morgan fingerprint density at radius 2 is 2.17 bits per heavy atom. The number of para-hydroxylation sites is 2. The Bertz CT molecular complexity index is 508. The van der Waals surface area contributed by atoms with Gasteiger partial charge in [-0.15, -0.1) is 0 Å². The van der Waals surface area contributed by atoms with E-state index in [-0.39, 0.29) is 17.9 Å². The third-order valence-electron chi connectivity index (χ3n) is 2.91. The predicted molar refractivity (Wildman–Crippen MR) is 71.5 cm³/mol. The molecule has 0 aliphatic carbocycles. The fourth-order valence-electron chi connectivity index (χ4n) is 2.15. The van der Waals surface area contributed by atoms with Crippen molar-refractivity contribution in [2.75, 3.05) is 10.2 Å². The molecule has 94 valence electrons. The van der Waals surface area contributed by atoms with Crippen LogP contribution in [-0.4, -0.2) is 17.9 Å². The van der Waals surface area contributed by atoms with Crippen molar-refractivity contribution in [2.24, 2.45) is 0 Å². The second-order valence-corrected chi connectivity index (χ2v) is 4.33. The molecule has 0 aromatic heterocycles. The minimum Gasteiger partial charge on any atom is -0.324 e. The van der Waals surface area contributed by atoms with Crippen LogP contribution >= 0.6 is 0 Å². The van der Waals surface area contributed by atoms with Gasteiger partial charge in [0.15, 0.2) is 0 Å². The second-order valence-electron chi connectivity index (χ2n) is 4.33. The number of nitrogens with zero attached hydrogens (tertiary/aromatic N) is 1. The van der Waals surface area contributed by atoms with Gasteiger partial charge in [0, 0.05) is 12.5 Å². The highest BCUT2D eigenvalue weighted by Crippen LogP contribution is 2.31. The molecule has 1 aromatic rings. The van der Waals surface area contributed by atoms with E-state index in [9.17, 15) is 9.59 Å². The van der Waals surface area contributed by atoms with Crippen LogP contribution < -0.4 is 10.2 Å². The van der Waals surface area contributed by atoms with E-state index < -0.39 is 0 Å². The van der Waals surface area contributed by atoms with E-state index in [1.807, 2.05) is 25.1 Å². The molecule has 0 fully saturated rings. The summed E-state index contributed by atoms with van der Waals surface area (Å²) in [5.41, 5.74) is 1.43. The molecule has 0 bridgehead atoms. The average molecular weight is 244 g/mol. The molecule has 2 amide bonds. The number of rotatable bonds is 1. The predicted octanol–water partition coefficient (Wildman–Crippen LogP) is 2.33. The lowest BCUT2D eigenvalue weighted by Crippen LogP contribution is -2.37. The van der Waals surface area contributed by atoms with Gasteiger partial charge < -0.3 is 10.2 Å². The number of allylic oxidation sites excluding steroid dienone is 1. The van der Waals surface area contributed by atoms with Gasteiger partial charge in [0.1, 0.15) is 0 Å². The molecule has 18 heavy (non-hydrogen) atoms. The molecule has 1 N–H and O–H groups in total. The molecule has 1 atom stereocenters. The molecule has 2 rings (SSSR count). The van der Waals surface area contributed by atoms with Gasteiger partial charge in [0.25, 0.3) is 5.91 Å². The van der Waals surface area contributed by atoms with Crippen molar-refractivity contribution < 1.29 is 9.59 Å². The van der Waals surface area contributed by atoms with Gasteiger partial charge in [-0.05, 0) is 32.1 Å². The van der Waals surface area contributed by atoms with Gasteiger partial charge in [-0.1, -0.05) is 18.2 Å². The standard InChI is InChI=1S/C14H16N2O2/c1-3-6-14(18)16-10(2)9-13(17)15-11-7-4-5-8-12(11)16/h3-8,10H,9H2,1-2H3,(H,15,17)/b6-3+. The van der Waals surface area contributed by atoms with Gasteiger partial charge in [0.2, 0.25) is 5.91 Å². The van der Waals surface area contributed by atoms with Crippen molar-refractivity contribution in [2.45, 2.75) is 26.3 Å². The topological polar surface area (TPSA) is 49.4 Å². The maximum atomic E-state index is 12.1. The molecule has 0 radical (unpaired) electrons. The molecule has 0 saturated heterocycles. The largest absolute Gasteiger partial charge is 0.324 e. The molecule has 1 aliphatic rings. The van der Waals surface area contributed by atoms with Crippen molar-refractivity contribution in [1.82, 2.24) is 0 Å². The summed E-state index contributed by atoms with van der Waals surface area (Å²) >= 11 is 0. The van der Waals surface area contributed by atoms with Crippen LogP contribution in [0.1, 0.15) is 20.3 Å². The lowest BCUT2D eigenvalue weighted by atomic mass is 10.1. The third-order valence-corrected chi connectivity index (χ3v) is 2.91. The van der Waals surface area contributed by atoms with Crippen LogP contribution in [0.3, 0.4) is 0 Å². The van der Waals surface area contributed by atoms with Crippen LogP contribution in [0.5, 0.6) is 0 Å². The molecule has 0 spiro atoms. The first-order valence-corrected chi connectivity index (χ1v) is 5.98. The zero-order valence-corrected chi connectivity index (χ0v) is 10.5. The molecule has 0 saturated carbocycles. The number of amides is 2. The molecular weight excluding hydrogens is 228 g/mol. The first-order valence-electron chi connectivity index (χ1n) is 5.98. The first kappa shape index (κ1) is 12.4. The minimum absolute atomic E-state index is 0.0641. The van der Waals surface area contributed by atoms with E-state index in [1.165, 1.54) is 6.08 Å². The first-order chi connectivity index (χ1) is 8.63. The van der Waals surface area contributed by atoms with E-state index in [0.717, 1.165) is 5.69 Å². The summed E-state index contributed by atoms with van der Waals surface area (Å²) in [6.07, 6.45) is 3.53. The van der Waals surface area contributed by atoms with E-state index in [1.54, 1.807) is 24.0 Å². The Labute approximate surface area is 106 Å². The summed E-state index contributed by atoms with van der Waals surface area (Å²) in [6, 6.07) is 7.20.